The molecule has 0 nitrogen and oxygen atoms in total. The van der Waals surface area contributed by atoms with E-state index in [2.05, 4.69) is 0 Å². The summed E-state index contributed by atoms with van der Waals surface area (Å²) in [5.74, 6) is -61.3. The fraction of sp³-hybridized carbons (Fsp3) is 0.889. The molecule has 0 N–H and O–H groups in total. The summed E-state index contributed by atoms with van der Waals surface area (Å²) in [6.07, 6.45) is -5.40. The van der Waals surface area contributed by atoms with Gasteiger partial charge in [-0.1, -0.05) is 26.0 Å². The Kier molecular flexibility index (Phi) is 9.19. The molecule has 0 atom stereocenters. The molecular formula is C18H20F16. The summed E-state index contributed by atoms with van der Waals surface area (Å²) in [5.41, 5.74) is 0. The largest absolute Gasteiger partial charge is 0.384 e. The molecule has 0 saturated carbocycles. The molecule has 16 heteroatoms. The lowest BCUT2D eigenvalue weighted by Crippen LogP contribution is -2.74. The maximum atomic E-state index is 13.7. The maximum Gasteiger partial charge on any atom is 0.384 e. The number of hydrogen-bond donors (Lipinski definition) is 0. The highest BCUT2D eigenvalue weighted by molar-refractivity contribution is 5.16. The predicted molar refractivity (Wildman–Crippen MR) is 87.7 cm³/mol. The SMILES string of the molecule is C/C=C/CCC(F)(F)C(F)(F)C(F)(F)C(F)(F)C(F)(F)C(F)(F)C(F)(F)C(F)(F)CCC(C)C. The van der Waals surface area contributed by atoms with Crippen molar-refractivity contribution in [3.05, 3.63) is 12.2 Å². The van der Waals surface area contributed by atoms with Crippen LogP contribution in [0.25, 0.3) is 0 Å². The van der Waals surface area contributed by atoms with Crippen molar-refractivity contribution in [1.82, 2.24) is 0 Å². The van der Waals surface area contributed by atoms with Gasteiger partial charge in [0.15, 0.2) is 0 Å². The van der Waals surface area contributed by atoms with Gasteiger partial charge in [0.25, 0.3) is 0 Å². The van der Waals surface area contributed by atoms with Crippen molar-refractivity contribution in [3.8, 4) is 0 Å². The third kappa shape index (κ3) is 4.96. The fourth-order valence-corrected chi connectivity index (χ4v) is 2.46. The maximum absolute atomic E-state index is 13.7. The molecule has 0 amide bonds. The van der Waals surface area contributed by atoms with E-state index in [0.717, 1.165) is 26.8 Å². The van der Waals surface area contributed by atoms with Crippen molar-refractivity contribution < 1.29 is 70.2 Å². The first-order valence-electron chi connectivity index (χ1n) is 9.36. The first kappa shape index (κ1) is 32.6. The number of halogens is 16. The van der Waals surface area contributed by atoms with Crippen molar-refractivity contribution in [2.45, 2.75) is 93.8 Å². The van der Waals surface area contributed by atoms with Crippen molar-refractivity contribution in [2.75, 3.05) is 0 Å². The fourth-order valence-electron chi connectivity index (χ4n) is 2.46. The standard InChI is InChI=1S/C18H20F16/c1-4-5-6-8-11(19,20)13(23,24)15(27,28)17(31,32)18(33,34)16(29,30)14(25,26)12(21,22)9-7-10(2)3/h4-5,10H,6-9H2,1-3H3/b5-4+. The second-order valence-electron chi connectivity index (χ2n) is 7.90. The predicted octanol–water partition coefficient (Wildman–Crippen LogP) is 8.86. The van der Waals surface area contributed by atoms with Crippen LogP contribution in [0, 0.1) is 5.92 Å². The lowest BCUT2D eigenvalue weighted by Gasteiger charge is -2.43. The van der Waals surface area contributed by atoms with Crippen LogP contribution in [-0.2, 0) is 0 Å². The van der Waals surface area contributed by atoms with Gasteiger partial charge >= 0.3 is 47.4 Å². The summed E-state index contributed by atoms with van der Waals surface area (Å²) in [7, 11) is 0. The van der Waals surface area contributed by atoms with Gasteiger partial charge in [-0.05, 0) is 25.7 Å². The van der Waals surface area contributed by atoms with Crippen molar-refractivity contribution >= 4 is 0 Å². The highest BCUT2D eigenvalue weighted by Crippen LogP contribution is 2.64. The minimum absolute atomic E-state index is 0.642. The van der Waals surface area contributed by atoms with Gasteiger partial charge in [0.1, 0.15) is 0 Å². The summed E-state index contributed by atoms with van der Waals surface area (Å²) >= 11 is 0. The van der Waals surface area contributed by atoms with E-state index in [1.165, 1.54) is 0 Å². The highest BCUT2D eigenvalue weighted by atomic mass is 19.4. The molecule has 0 aliphatic heterocycles. The van der Waals surface area contributed by atoms with E-state index in [9.17, 15) is 70.2 Å². The van der Waals surface area contributed by atoms with Gasteiger partial charge in [0.05, 0.1) is 0 Å². The molecule has 204 valence electrons. The van der Waals surface area contributed by atoms with Crippen molar-refractivity contribution in [1.29, 1.82) is 0 Å². The normalized spacial score (nSPS) is 16.1. The molecule has 0 aliphatic carbocycles. The van der Waals surface area contributed by atoms with Crippen LogP contribution in [0.1, 0.15) is 46.5 Å². The third-order valence-electron chi connectivity index (χ3n) is 4.79. The van der Waals surface area contributed by atoms with E-state index in [1.54, 1.807) is 0 Å². The zero-order chi connectivity index (χ0) is 27.8. The zero-order valence-corrected chi connectivity index (χ0v) is 17.6. The summed E-state index contributed by atoms with van der Waals surface area (Å²) in [5, 5.41) is 0. The summed E-state index contributed by atoms with van der Waals surface area (Å²) in [4.78, 5) is 0. The van der Waals surface area contributed by atoms with Crippen molar-refractivity contribution in [2.24, 2.45) is 5.92 Å². The number of alkyl halides is 16. The molecule has 34 heavy (non-hydrogen) atoms. The Balaban J connectivity index is 6.57. The van der Waals surface area contributed by atoms with Gasteiger partial charge < -0.3 is 0 Å². The van der Waals surface area contributed by atoms with Crippen LogP contribution in [-0.4, -0.2) is 47.4 Å². The topological polar surface area (TPSA) is 0 Å². The van der Waals surface area contributed by atoms with Crippen LogP contribution in [0.4, 0.5) is 70.2 Å². The Morgan fingerprint density at radius 2 is 0.794 bits per heavy atom. The Labute approximate surface area is 183 Å². The lowest BCUT2D eigenvalue weighted by molar-refractivity contribution is -0.453. The Hall–Kier alpha value is -1.38. The summed E-state index contributed by atoms with van der Waals surface area (Å²) < 4.78 is 219. The van der Waals surface area contributed by atoms with Crippen LogP contribution in [0.5, 0.6) is 0 Å². The average molecular weight is 540 g/mol. The molecule has 0 saturated heterocycles. The molecule has 0 aliphatic rings. The van der Waals surface area contributed by atoms with Gasteiger partial charge in [0, 0.05) is 12.8 Å². The second kappa shape index (κ2) is 9.58. The molecule has 0 fully saturated rings. The molecular weight excluding hydrogens is 520 g/mol. The van der Waals surface area contributed by atoms with Gasteiger partial charge in [-0.3, -0.25) is 0 Å². The second-order valence-corrected chi connectivity index (χ2v) is 7.90. The molecule has 0 spiro atoms. The van der Waals surface area contributed by atoms with Crippen LogP contribution in [0.15, 0.2) is 12.2 Å². The van der Waals surface area contributed by atoms with Crippen LogP contribution >= 0.6 is 0 Å². The monoisotopic (exact) mass is 540 g/mol. The Morgan fingerprint density at radius 3 is 1.09 bits per heavy atom. The van der Waals surface area contributed by atoms with E-state index < -0.39 is 79.0 Å². The van der Waals surface area contributed by atoms with E-state index in [1.807, 2.05) is 0 Å². The van der Waals surface area contributed by atoms with Crippen LogP contribution < -0.4 is 0 Å². The molecule has 0 bridgehead atoms. The van der Waals surface area contributed by atoms with Gasteiger partial charge in [-0.2, -0.15) is 70.2 Å². The van der Waals surface area contributed by atoms with Crippen LogP contribution in [0.3, 0.4) is 0 Å². The zero-order valence-electron chi connectivity index (χ0n) is 17.6. The van der Waals surface area contributed by atoms with E-state index in [4.69, 9.17) is 0 Å². The molecule has 0 unspecified atom stereocenters. The first-order valence-corrected chi connectivity index (χ1v) is 9.36. The molecule has 0 aromatic carbocycles. The van der Waals surface area contributed by atoms with Gasteiger partial charge in [0.2, 0.25) is 0 Å². The third-order valence-corrected chi connectivity index (χ3v) is 4.79. The van der Waals surface area contributed by atoms with Gasteiger partial charge in [-0.25, -0.2) is 0 Å². The number of rotatable bonds is 13. The smallest absolute Gasteiger partial charge is 0.200 e. The molecule has 0 radical (unpaired) electrons. The molecule has 0 rings (SSSR count). The number of allylic oxidation sites excluding steroid dienone is 2. The van der Waals surface area contributed by atoms with E-state index in [0.29, 0.717) is 6.08 Å². The lowest BCUT2D eigenvalue weighted by atomic mass is 9.85. The van der Waals surface area contributed by atoms with Gasteiger partial charge in [-0.15, -0.1) is 0 Å². The Bertz CT molecular complexity index is 705. The summed E-state index contributed by atoms with van der Waals surface area (Å²) in [6, 6.07) is 0. The van der Waals surface area contributed by atoms with Crippen LogP contribution in [0.2, 0.25) is 0 Å². The highest BCUT2D eigenvalue weighted by Gasteiger charge is 2.94. The molecule has 0 aromatic heterocycles. The van der Waals surface area contributed by atoms with Crippen molar-refractivity contribution in [3.63, 3.8) is 0 Å². The Morgan fingerprint density at radius 1 is 0.500 bits per heavy atom. The minimum atomic E-state index is -8.35. The molecule has 0 aromatic rings. The number of hydrogen-bond acceptors (Lipinski definition) is 0. The van der Waals surface area contributed by atoms with E-state index >= 15 is 0 Å². The van der Waals surface area contributed by atoms with E-state index in [-0.39, 0.29) is 0 Å². The summed E-state index contributed by atoms with van der Waals surface area (Å²) in [6.45, 7) is 3.28. The minimum Gasteiger partial charge on any atom is -0.200 e. The molecule has 0 heterocycles. The average Bonchev–Trinajstić information content (AvgIpc) is 2.65. The quantitative estimate of drug-likeness (QED) is 0.162. The first-order chi connectivity index (χ1) is 14.7.